The summed E-state index contributed by atoms with van der Waals surface area (Å²) in [4.78, 5) is 11.0. The van der Waals surface area contributed by atoms with Crippen molar-refractivity contribution in [1.29, 1.82) is 0 Å². The minimum Gasteiger partial charge on any atom is -0.308 e. The summed E-state index contributed by atoms with van der Waals surface area (Å²) in [6.45, 7) is 0. The minimum absolute atomic E-state index is 0.674. The van der Waals surface area contributed by atoms with Gasteiger partial charge in [-0.25, -0.2) is 9.97 Å². The lowest BCUT2D eigenvalue weighted by atomic mass is 9.98. The molecule has 0 bridgehead atoms. The van der Waals surface area contributed by atoms with Crippen LogP contribution < -0.4 is 0 Å². The lowest BCUT2D eigenvalue weighted by Gasteiger charge is -2.13. The van der Waals surface area contributed by atoms with E-state index < -0.39 is 0 Å². The second-order valence-electron chi connectivity index (χ2n) is 13.7. The third-order valence-corrected chi connectivity index (χ3v) is 12.1. The van der Waals surface area contributed by atoms with Crippen molar-refractivity contribution in [3.8, 4) is 22.9 Å². The third kappa shape index (κ3) is 3.94. The van der Waals surface area contributed by atoms with E-state index in [2.05, 4.69) is 179 Å². The van der Waals surface area contributed by atoms with Crippen molar-refractivity contribution in [3.05, 3.63) is 170 Å². The SMILES string of the molecule is c1ccc(-c2nc(-n3c4ccccc4c4c5c6ccc7ccccc7c6n(-c6ccccc6)c5c5ccccc5c43)nc3c2sc2ccccc23)cc1. The molecule has 0 atom stereocenters. The Balaban J connectivity index is 1.34. The molecule has 0 radical (unpaired) electrons. The normalized spacial score (nSPS) is 12.2. The van der Waals surface area contributed by atoms with Gasteiger partial charge in [0.15, 0.2) is 0 Å². The van der Waals surface area contributed by atoms with Gasteiger partial charge in [-0.05, 0) is 29.7 Å². The molecule has 0 aliphatic rings. The average Bonchev–Trinajstić information content (AvgIpc) is 3.90. The van der Waals surface area contributed by atoms with Crippen molar-refractivity contribution in [2.24, 2.45) is 0 Å². The van der Waals surface area contributed by atoms with Crippen LogP contribution in [0.4, 0.5) is 0 Å². The van der Waals surface area contributed by atoms with Crippen molar-refractivity contribution in [1.82, 2.24) is 19.1 Å². The molecule has 246 valence electrons. The number of hydrogen-bond donors (Lipinski definition) is 0. The smallest absolute Gasteiger partial charge is 0.235 e. The first kappa shape index (κ1) is 28.8. The zero-order chi connectivity index (χ0) is 34.6. The molecule has 4 nitrogen and oxygen atoms in total. The van der Waals surface area contributed by atoms with Gasteiger partial charge in [-0.15, -0.1) is 11.3 Å². The Morgan fingerprint density at radius 3 is 1.81 bits per heavy atom. The molecule has 4 heterocycles. The van der Waals surface area contributed by atoms with E-state index in [1.807, 2.05) is 0 Å². The molecule has 0 spiro atoms. The van der Waals surface area contributed by atoms with Gasteiger partial charge < -0.3 is 4.57 Å². The van der Waals surface area contributed by atoms with Crippen LogP contribution in [0, 0.1) is 0 Å². The number of aromatic nitrogens is 4. The molecule has 4 aromatic heterocycles. The van der Waals surface area contributed by atoms with Crippen LogP contribution in [-0.2, 0) is 0 Å². The van der Waals surface area contributed by atoms with Crippen molar-refractivity contribution in [3.63, 3.8) is 0 Å². The Morgan fingerprint density at radius 2 is 1.02 bits per heavy atom. The van der Waals surface area contributed by atoms with Gasteiger partial charge in [0.2, 0.25) is 5.95 Å². The van der Waals surface area contributed by atoms with Crippen molar-refractivity contribution in [2.75, 3.05) is 0 Å². The largest absolute Gasteiger partial charge is 0.308 e. The molecule has 12 aromatic rings. The topological polar surface area (TPSA) is 35.6 Å². The average molecular weight is 693 g/mol. The summed E-state index contributed by atoms with van der Waals surface area (Å²) in [5.41, 5.74) is 8.78. The fraction of sp³-hybridized carbons (Fsp3) is 0. The zero-order valence-electron chi connectivity index (χ0n) is 28.4. The lowest BCUT2D eigenvalue weighted by Crippen LogP contribution is -2.03. The van der Waals surface area contributed by atoms with Crippen LogP contribution in [0.3, 0.4) is 0 Å². The maximum Gasteiger partial charge on any atom is 0.235 e. The highest BCUT2D eigenvalue weighted by molar-refractivity contribution is 7.26. The first-order valence-corrected chi connectivity index (χ1v) is 18.8. The van der Waals surface area contributed by atoms with E-state index in [0.29, 0.717) is 5.95 Å². The maximum absolute atomic E-state index is 5.51. The van der Waals surface area contributed by atoms with E-state index in [1.54, 1.807) is 11.3 Å². The summed E-state index contributed by atoms with van der Waals surface area (Å²) in [5, 5.41) is 10.8. The molecular formula is C48H28N4S. The zero-order valence-corrected chi connectivity index (χ0v) is 29.2. The quantitative estimate of drug-likeness (QED) is 0.185. The van der Waals surface area contributed by atoms with Crippen molar-refractivity contribution < 1.29 is 0 Å². The van der Waals surface area contributed by atoms with Crippen LogP contribution in [0.5, 0.6) is 0 Å². The van der Waals surface area contributed by atoms with E-state index in [-0.39, 0.29) is 0 Å². The molecule has 5 heteroatoms. The summed E-state index contributed by atoms with van der Waals surface area (Å²) in [7, 11) is 0. The molecule has 0 N–H and O–H groups in total. The molecule has 0 aliphatic carbocycles. The third-order valence-electron chi connectivity index (χ3n) is 10.9. The Bertz CT molecular complexity index is 3450. The molecule has 0 aliphatic heterocycles. The molecule has 12 rings (SSSR count). The number of hydrogen-bond acceptors (Lipinski definition) is 3. The van der Waals surface area contributed by atoms with Crippen molar-refractivity contribution >= 4 is 96.8 Å². The van der Waals surface area contributed by atoms with E-state index in [1.165, 1.54) is 53.4 Å². The van der Waals surface area contributed by atoms with E-state index in [4.69, 9.17) is 9.97 Å². The summed E-state index contributed by atoms with van der Waals surface area (Å²) in [6.07, 6.45) is 0. The van der Waals surface area contributed by atoms with E-state index in [9.17, 15) is 0 Å². The van der Waals surface area contributed by atoms with Gasteiger partial charge >= 0.3 is 0 Å². The first-order valence-electron chi connectivity index (χ1n) is 17.9. The number of rotatable bonds is 3. The molecule has 0 saturated heterocycles. The van der Waals surface area contributed by atoms with Crippen LogP contribution >= 0.6 is 11.3 Å². The Morgan fingerprint density at radius 1 is 0.415 bits per heavy atom. The van der Waals surface area contributed by atoms with Crippen LogP contribution in [0.2, 0.25) is 0 Å². The van der Waals surface area contributed by atoms with E-state index >= 15 is 0 Å². The first-order chi connectivity index (χ1) is 26.3. The Hall–Kier alpha value is -6.82. The van der Waals surface area contributed by atoms with Crippen LogP contribution in [-0.4, -0.2) is 19.1 Å². The second kappa shape index (κ2) is 10.8. The molecular weight excluding hydrogens is 665 g/mol. The van der Waals surface area contributed by atoms with Crippen LogP contribution in [0.25, 0.3) is 108 Å². The summed E-state index contributed by atoms with van der Waals surface area (Å²) in [5.74, 6) is 0.674. The van der Waals surface area contributed by atoms with Gasteiger partial charge in [0.25, 0.3) is 0 Å². The van der Waals surface area contributed by atoms with Gasteiger partial charge in [0, 0.05) is 59.0 Å². The van der Waals surface area contributed by atoms with Gasteiger partial charge in [-0.3, -0.25) is 4.57 Å². The number of thiophene rings is 1. The molecule has 0 saturated carbocycles. The highest BCUT2D eigenvalue weighted by Crippen LogP contribution is 2.48. The summed E-state index contributed by atoms with van der Waals surface area (Å²) < 4.78 is 7.14. The fourth-order valence-corrected chi connectivity index (χ4v) is 9.87. The summed E-state index contributed by atoms with van der Waals surface area (Å²) >= 11 is 1.77. The number of benzene rings is 8. The van der Waals surface area contributed by atoms with Crippen molar-refractivity contribution in [2.45, 2.75) is 0 Å². The van der Waals surface area contributed by atoms with E-state index in [0.717, 1.165) is 49.0 Å². The number of fused-ring (bicyclic) bond motifs is 15. The lowest BCUT2D eigenvalue weighted by molar-refractivity contribution is 1.02. The van der Waals surface area contributed by atoms with Gasteiger partial charge in [-0.2, -0.15) is 0 Å². The Kier molecular flexibility index (Phi) is 5.90. The standard InChI is InChI=1S/C48H28N4S/c1-3-16-30(17-4-1)42-47-43(36-24-12-14-26-39(36)53-47)50-48(49-42)52-38-25-13-11-23-35(38)40-41-37-28-27-29-15-7-8-20-32(29)44(37)51(31-18-5-2-6-19-31)45(41)33-21-9-10-22-34(33)46(40)52/h1-28H. The van der Waals surface area contributed by atoms with Crippen LogP contribution in [0.1, 0.15) is 0 Å². The summed E-state index contributed by atoms with van der Waals surface area (Å²) in [6, 6.07) is 61.0. The van der Waals surface area contributed by atoms with Gasteiger partial charge in [0.05, 0.1) is 38.0 Å². The number of nitrogens with zero attached hydrogens (tertiary/aromatic N) is 4. The second-order valence-corrected chi connectivity index (χ2v) is 14.8. The minimum atomic E-state index is 0.674. The van der Waals surface area contributed by atoms with Crippen LogP contribution in [0.15, 0.2) is 170 Å². The predicted molar refractivity (Wildman–Crippen MR) is 224 cm³/mol. The predicted octanol–water partition coefficient (Wildman–Crippen LogP) is 13.0. The Labute approximate surface area is 307 Å². The van der Waals surface area contributed by atoms with Gasteiger partial charge in [-0.1, -0.05) is 146 Å². The highest BCUT2D eigenvalue weighted by atomic mass is 32.1. The fourth-order valence-electron chi connectivity index (χ4n) is 8.72. The molecule has 53 heavy (non-hydrogen) atoms. The molecule has 0 amide bonds. The number of para-hydroxylation sites is 2. The molecule has 8 aromatic carbocycles. The molecule has 0 fully saturated rings. The monoisotopic (exact) mass is 692 g/mol. The van der Waals surface area contributed by atoms with Gasteiger partial charge in [0.1, 0.15) is 0 Å². The molecule has 0 unspecified atom stereocenters. The highest BCUT2D eigenvalue weighted by Gasteiger charge is 2.26. The maximum atomic E-state index is 5.51.